The molecule has 0 aliphatic rings. The number of rotatable bonds is 5. The molecule has 0 bridgehead atoms. The third-order valence-corrected chi connectivity index (χ3v) is 4.72. The second kappa shape index (κ2) is 8.55. The average molecular weight is 451 g/mol. The van der Waals surface area contributed by atoms with E-state index in [1.807, 2.05) is 0 Å². The highest BCUT2D eigenvalue weighted by molar-refractivity contribution is 6.15. The standard InChI is InChI=1S/C21H13N11O2/c1-22-15-10-27-32(21-23-7-4-8-24-21)18(15)30-29-14-9-12-5-2-3-6-13(12)16(17(14)33)19(34)28-20-25-11-26-31-20/h2-11,33H,(H2,25,26,28,31,34)/b30-29+. The van der Waals surface area contributed by atoms with Gasteiger partial charge in [-0.15, -0.1) is 10.2 Å². The third-order valence-electron chi connectivity index (χ3n) is 4.72. The van der Waals surface area contributed by atoms with Crippen LogP contribution in [0.1, 0.15) is 10.4 Å². The largest absolute Gasteiger partial charge is 0.505 e. The molecule has 13 heteroatoms. The van der Waals surface area contributed by atoms with E-state index < -0.39 is 11.7 Å². The predicted octanol–water partition coefficient (Wildman–Crippen LogP) is 3.86. The first-order valence-electron chi connectivity index (χ1n) is 9.71. The summed E-state index contributed by atoms with van der Waals surface area (Å²) in [5.74, 6) is -0.630. The number of fused-ring (bicyclic) bond motifs is 1. The van der Waals surface area contributed by atoms with Crippen LogP contribution in [0.2, 0.25) is 0 Å². The van der Waals surface area contributed by atoms with Gasteiger partial charge in [0.15, 0.2) is 11.6 Å². The Morgan fingerprint density at radius 3 is 2.74 bits per heavy atom. The van der Waals surface area contributed by atoms with Crippen LogP contribution >= 0.6 is 0 Å². The highest BCUT2D eigenvalue weighted by Crippen LogP contribution is 2.39. The topological polar surface area (TPSA) is 164 Å². The molecule has 13 nitrogen and oxygen atoms in total. The Balaban J connectivity index is 1.61. The number of phenols is 1. The number of aromatic amines is 1. The average Bonchev–Trinajstić information content (AvgIpc) is 3.52. The minimum atomic E-state index is -0.618. The van der Waals surface area contributed by atoms with Gasteiger partial charge in [-0.2, -0.15) is 19.9 Å². The van der Waals surface area contributed by atoms with Crippen LogP contribution in [0.4, 0.5) is 23.1 Å². The van der Waals surface area contributed by atoms with Gasteiger partial charge in [0.1, 0.15) is 12.0 Å². The minimum Gasteiger partial charge on any atom is -0.505 e. The third kappa shape index (κ3) is 3.67. The molecule has 0 atom stereocenters. The molecule has 3 N–H and O–H groups in total. The Morgan fingerprint density at radius 1 is 1.15 bits per heavy atom. The lowest BCUT2D eigenvalue weighted by Gasteiger charge is -2.10. The summed E-state index contributed by atoms with van der Waals surface area (Å²) in [7, 11) is 0. The van der Waals surface area contributed by atoms with Crippen molar-refractivity contribution in [3.05, 3.63) is 78.3 Å². The minimum absolute atomic E-state index is 0.0130. The summed E-state index contributed by atoms with van der Waals surface area (Å²) in [6, 6.07) is 10.2. The Hall–Kier alpha value is -5.51. The quantitative estimate of drug-likeness (QED) is 0.270. The number of hydrogen-bond donors (Lipinski definition) is 3. The molecule has 164 valence electrons. The number of benzene rings is 2. The van der Waals surface area contributed by atoms with Gasteiger partial charge in [-0.05, 0) is 22.9 Å². The highest BCUT2D eigenvalue weighted by Gasteiger charge is 2.21. The number of H-pyrrole nitrogens is 1. The van der Waals surface area contributed by atoms with Gasteiger partial charge in [-0.1, -0.05) is 24.3 Å². The highest BCUT2D eigenvalue weighted by atomic mass is 16.3. The molecule has 2 aromatic carbocycles. The molecule has 1 amide bonds. The van der Waals surface area contributed by atoms with Crippen LogP contribution in [0.3, 0.4) is 0 Å². The summed E-state index contributed by atoms with van der Waals surface area (Å²) < 4.78 is 1.26. The first-order valence-corrected chi connectivity index (χ1v) is 9.71. The van der Waals surface area contributed by atoms with E-state index in [1.165, 1.54) is 29.6 Å². The van der Waals surface area contributed by atoms with Crippen LogP contribution < -0.4 is 5.32 Å². The molecule has 0 saturated heterocycles. The van der Waals surface area contributed by atoms with Gasteiger partial charge in [-0.3, -0.25) is 10.1 Å². The van der Waals surface area contributed by atoms with Gasteiger partial charge in [0.2, 0.25) is 5.95 Å². The van der Waals surface area contributed by atoms with E-state index in [-0.39, 0.29) is 34.7 Å². The SMILES string of the molecule is [C-]#[N+]c1cnn(-c2ncccn2)c1/N=N/c1cc2ccccc2c(C(=O)Nc2ncn[nH]2)c1O. The van der Waals surface area contributed by atoms with E-state index >= 15 is 0 Å². The molecular weight excluding hydrogens is 438 g/mol. The number of aromatic hydroxyl groups is 1. The number of amides is 1. The first-order chi connectivity index (χ1) is 16.7. The molecule has 5 rings (SSSR count). The van der Waals surface area contributed by atoms with Crippen molar-refractivity contribution in [2.24, 2.45) is 10.2 Å². The molecule has 0 saturated carbocycles. The van der Waals surface area contributed by atoms with Crippen LogP contribution in [0.25, 0.3) is 21.6 Å². The van der Waals surface area contributed by atoms with Crippen molar-refractivity contribution >= 4 is 39.8 Å². The second-order valence-electron chi connectivity index (χ2n) is 6.75. The lowest BCUT2D eigenvalue weighted by Crippen LogP contribution is -2.14. The molecular formula is C21H13N11O2. The van der Waals surface area contributed by atoms with Crippen molar-refractivity contribution in [3.8, 4) is 11.7 Å². The maximum Gasteiger partial charge on any atom is 0.262 e. The summed E-state index contributed by atoms with van der Waals surface area (Å²) in [6.45, 7) is 7.39. The molecule has 0 radical (unpaired) electrons. The van der Waals surface area contributed by atoms with Crippen molar-refractivity contribution < 1.29 is 9.90 Å². The van der Waals surface area contributed by atoms with E-state index in [0.717, 1.165) is 0 Å². The van der Waals surface area contributed by atoms with Gasteiger partial charge in [-0.25, -0.2) is 19.9 Å². The smallest absolute Gasteiger partial charge is 0.262 e. The van der Waals surface area contributed by atoms with E-state index in [2.05, 4.69) is 50.6 Å². The monoisotopic (exact) mass is 451 g/mol. The number of azo groups is 1. The van der Waals surface area contributed by atoms with Crippen LogP contribution in [-0.2, 0) is 0 Å². The molecule has 3 heterocycles. The molecule has 34 heavy (non-hydrogen) atoms. The van der Waals surface area contributed by atoms with Crippen molar-refractivity contribution in [2.45, 2.75) is 0 Å². The maximum atomic E-state index is 13.0. The van der Waals surface area contributed by atoms with Gasteiger partial charge in [0.25, 0.3) is 17.5 Å². The molecule has 0 aliphatic carbocycles. The van der Waals surface area contributed by atoms with Crippen LogP contribution in [-0.4, -0.2) is 45.9 Å². The summed E-state index contributed by atoms with van der Waals surface area (Å²) in [5.41, 5.74) is 0.104. The van der Waals surface area contributed by atoms with E-state index in [1.54, 1.807) is 36.4 Å². The Morgan fingerprint density at radius 2 is 1.97 bits per heavy atom. The van der Waals surface area contributed by atoms with E-state index in [0.29, 0.717) is 10.8 Å². The fourth-order valence-electron chi connectivity index (χ4n) is 3.22. The van der Waals surface area contributed by atoms with E-state index in [4.69, 9.17) is 6.57 Å². The van der Waals surface area contributed by atoms with Crippen molar-refractivity contribution in [1.82, 2.24) is 34.9 Å². The summed E-state index contributed by atoms with van der Waals surface area (Å²) in [6.07, 6.45) is 5.61. The fourth-order valence-corrected chi connectivity index (χ4v) is 3.22. The summed E-state index contributed by atoms with van der Waals surface area (Å²) >= 11 is 0. The number of hydrogen-bond acceptors (Lipinski definition) is 9. The van der Waals surface area contributed by atoms with E-state index in [9.17, 15) is 9.90 Å². The predicted molar refractivity (Wildman–Crippen MR) is 120 cm³/mol. The molecule has 3 aromatic heterocycles. The number of anilines is 1. The lowest BCUT2D eigenvalue weighted by atomic mass is 10.0. The van der Waals surface area contributed by atoms with Gasteiger partial charge < -0.3 is 5.11 Å². The fraction of sp³-hybridized carbons (Fsp3) is 0. The van der Waals surface area contributed by atoms with Crippen LogP contribution in [0, 0.1) is 6.57 Å². The zero-order valence-corrected chi connectivity index (χ0v) is 17.2. The zero-order chi connectivity index (χ0) is 23.5. The number of carbonyl (C=O) groups is 1. The maximum absolute atomic E-state index is 13.0. The van der Waals surface area contributed by atoms with Gasteiger partial charge >= 0.3 is 0 Å². The van der Waals surface area contributed by atoms with Crippen molar-refractivity contribution in [2.75, 3.05) is 5.32 Å². The number of aromatic nitrogens is 7. The molecule has 0 unspecified atom stereocenters. The Labute approximate surface area is 190 Å². The first kappa shape index (κ1) is 20.4. The molecule has 5 aromatic rings. The second-order valence-corrected chi connectivity index (χ2v) is 6.75. The number of phenolic OH excluding ortho intramolecular Hbond substituents is 1. The van der Waals surface area contributed by atoms with Gasteiger partial charge in [0, 0.05) is 12.4 Å². The summed E-state index contributed by atoms with van der Waals surface area (Å²) in [4.78, 5) is 28.5. The van der Waals surface area contributed by atoms with Gasteiger partial charge in [0.05, 0.1) is 18.3 Å². The van der Waals surface area contributed by atoms with Crippen molar-refractivity contribution in [3.63, 3.8) is 0 Å². The number of nitrogens with zero attached hydrogens (tertiary/aromatic N) is 9. The Kier molecular flexibility index (Phi) is 5.13. The Bertz CT molecular complexity index is 1570. The number of nitrogens with one attached hydrogen (secondary N) is 2. The zero-order valence-electron chi connectivity index (χ0n) is 17.2. The molecule has 0 spiro atoms. The summed E-state index contributed by atoms with van der Waals surface area (Å²) in [5, 5.41) is 33.2. The normalized spacial score (nSPS) is 11.0. The molecule has 0 aliphatic heterocycles. The molecule has 0 fully saturated rings. The van der Waals surface area contributed by atoms with Crippen molar-refractivity contribution in [1.29, 1.82) is 0 Å². The lowest BCUT2D eigenvalue weighted by molar-refractivity contribution is 0.102. The van der Waals surface area contributed by atoms with Crippen LogP contribution in [0.5, 0.6) is 5.75 Å². The van der Waals surface area contributed by atoms with Crippen LogP contribution in [0.15, 0.2) is 71.5 Å². The number of carbonyl (C=O) groups excluding carboxylic acids is 1.